The molecular formula is C21H20ClN3O4. The van der Waals surface area contributed by atoms with Gasteiger partial charge in [0.1, 0.15) is 10.7 Å². The first-order chi connectivity index (χ1) is 14.0. The number of rotatable bonds is 4. The molecule has 1 aliphatic heterocycles. The van der Waals surface area contributed by atoms with Crippen LogP contribution in [0.2, 0.25) is 5.15 Å². The molecule has 0 aliphatic carbocycles. The first kappa shape index (κ1) is 19.4. The van der Waals surface area contributed by atoms with Crippen molar-refractivity contribution in [3.05, 3.63) is 47.2 Å². The molecule has 7 nitrogen and oxygen atoms in total. The Labute approximate surface area is 172 Å². The van der Waals surface area contributed by atoms with Crippen LogP contribution in [-0.2, 0) is 9.53 Å². The number of ether oxygens (including phenoxy) is 1. The number of aromatic nitrogens is 2. The van der Waals surface area contributed by atoms with E-state index in [0.29, 0.717) is 60.2 Å². The molecule has 0 atom stereocenters. The molecule has 4 rings (SSSR count). The van der Waals surface area contributed by atoms with Crippen molar-refractivity contribution in [2.24, 2.45) is 5.92 Å². The summed E-state index contributed by atoms with van der Waals surface area (Å²) in [7, 11) is 0. The predicted octanol–water partition coefficient (Wildman–Crippen LogP) is 3.96. The first-order valence-electron chi connectivity index (χ1n) is 9.53. The third-order valence-corrected chi connectivity index (χ3v) is 5.22. The van der Waals surface area contributed by atoms with Gasteiger partial charge in [-0.05, 0) is 50.1 Å². The molecule has 0 N–H and O–H groups in total. The van der Waals surface area contributed by atoms with Crippen LogP contribution in [0, 0.1) is 5.92 Å². The number of nitrogens with zero attached hydrogens (tertiary/aromatic N) is 3. The summed E-state index contributed by atoms with van der Waals surface area (Å²) >= 11 is 5.93. The molecule has 0 radical (unpaired) electrons. The number of carbonyl (C=O) groups excluding carboxylic acids is 2. The van der Waals surface area contributed by atoms with Crippen LogP contribution in [-0.4, -0.2) is 46.4 Å². The zero-order chi connectivity index (χ0) is 20.4. The maximum atomic E-state index is 12.9. The molecule has 0 saturated carbocycles. The quantitative estimate of drug-likeness (QED) is 0.475. The lowest BCUT2D eigenvalue weighted by atomic mass is 9.96. The average molecular weight is 414 g/mol. The van der Waals surface area contributed by atoms with Crippen molar-refractivity contribution in [3.63, 3.8) is 0 Å². The van der Waals surface area contributed by atoms with Crippen LogP contribution in [0.15, 0.2) is 40.9 Å². The van der Waals surface area contributed by atoms with E-state index in [4.69, 9.17) is 20.8 Å². The molecule has 0 unspecified atom stereocenters. The maximum absolute atomic E-state index is 12.9. The van der Waals surface area contributed by atoms with Gasteiger partial charge < -0.3 is 14.1 Å². The summed E-state index contributed by atoms with van der Waals surface area (Å²) in [6.07, 6.45) is 2.81. The van der Waals surface area contributed by atoms with Gasteiger partial charge in [0.05, 0.1) is 12.5 Å². The number of halogens is 1. The average Bonchev–Trinajstić information content (AvgIpc) is 3.17. The Hall–Kier alpha value is -2.93. The number of hydrogen-bond acceptors (Lipinski definition) is 6. The molecule has 3 aromatic rings. The Bertz CT molecular complexity index is 1060. The Morgan fingerprint density at radius 3 is 2.76 bits per heavy atom. The van der Waals surface area contributed by atoms with Crippen LogP contribution in [0.1, 0.15) is 30.1 Å². The fourth-order valence-corrected chi connectivity index (χ4v) is 3.65. The minimum absolute atomic E-state index is 0.0842. The van der Waals surface area contributed by atoms with E-state index < -0.39 is 0 Å². The van der Waals surface area contributed by atoms with Crippen LogP contribution in [0.3, 0.4) is 0 Å². The summed E-state index contributed by atoms with van der Waals surface area (Å²) in [5.74, 6) is 0.0279. The van der Waals surface area contributed by atoms with Gasteiger partial charge in [-0.2, -0.15) is 0 Å². The molecule has 1 saturated heterocycles. The summed E-state index contributed by atoms with van der Waals surface area (Å²) in [4.78, 5) is 34.9. The van der Waals surface area contributed by atoms with E-state index in [1.807, 2.05) is 0 Å². The first-order valence-corrected chi connectivity index (χ1v) is 9.91. The normalized spacial score (nSPS) is 14.9. The van der Waals surface area contributed by atoms with Crippen molar-refractivity contribution in [2.75, 3.05) is 19.7 Å². The third-order valence-electron chi connectivity index (χ3n) is 5.01. The van der Waals surface area contributed by atoms with E-state index in [2.05, 4.69) is 9.97 Å². The number of amides is 1. The van der Waals surface area contributed by atoms with E-state index in [9.17, 15) is 9.59 Å². The second-order valence-corrected chi connectivity index (χ2v) is 7.27. The number of pyridine rings is 1. The van der Waals surface area contributed by atoms with Gasteiger partial charge in [0, 0.05) is 30.4 Å². The lowest BCUT2D eigenvalue weighted by Gasteiger charge is -2.30. The van der Waals surface area contributed by atoms with Crippen LogP contribution in [0.5, 0.6) is 0 Å². The number of fused-ring (bicyclic) bond motifs is 1. The van der Waals surface area contributed by atoms with Crippen LogP contribution < -0.4 is 0 Å². The Morgan fingerprint density at radius 1 is 1.24 bits per heavy atom. The van der Waals surface area contributed by atoms with Gasteiger partial charge in [-0.15, -0.1) is 0 Å². The second-order valence-electron chi connectivity index (χ2n) is 6.89. The summed E-state index contributed by atoms with van der Waals surface area (Å²) in [5.41, 5.74) is 2.43. The summed E-state index contributed by atoms with van der Waals surface area (Å²) in [6.45, 7) is 3.22. The molecule has 29 heavy (non-hydrogen) atoms. The van der Waals surface area contributed by atoms with Gasteiger partial charge in [-0.1, -0.05) is 11.6 Å². The monoisotopic (exact) mass is 413 g/mol. The van der Waals surface area contributed by atoms with E-state index >= 15 is 0 Å². The van der Waals surface area contributed by atoms with E-state index in [1.165, 1.54) is 0 Å². The third kappa shape index (κ3) is 4.10. The lowest BCUT2D eigenvalue weighted by molar-refractivity contribution is -0.149. The SMILES string of the molecule is CCOC(=O)C1CCN(C(=O)c2ccc3nc(-c4ccnc(Cl)c4)oc3c2)CC1. The van der Waals surface area contributed by atoms with Crippen LogP contribution >= 0.6 is 11.6 Å². The van der Waals surface area contributed by atoms with Crippen molar-refractivity contribution in [1.82, 2.24) is 14.9 Å². The number of piperidine rings is 1. The van der Waals surface area contributed by atoms with Crippen molar-refractivity contribution >= 4 is 34.6 Å². The number of oxazole rings is 1. The van der Waals surface area contributed by atoms with Crippen LogP contribution in [0.4, 0.5) is 0 Å². The maximum Gasteiger partial charge on any atom is 0.309 e. The molecule has 0 bridgehead atoms. The Kier molecular flexibility index (Phi) is 5.49. The van der Waals surface area contributed by atoms with E-state index in [-0.39, 0.29) is 17.8 Å². The summed E-state index contributed by atoms with van der Waals surface area (Å²) < 4.78 is 10.9. The molecule has 1 aliphatic rings. The van der Waals surface area contributed by atoms with E-state index in [0.717, 1.165) is 5.56 Å². The minimum atomic E-state index is -0.175. The molecular weight excluding hydrogens is 394 g/mol. The Morgan fingerprint density at radius 2 is 2.03 bits per heavy atom. The highest BCUT2D eigenvalue weighted by atomic mass is 35.5. The highest BCUT2D eigenvalue weighted by Gasteiger charge is 2.28. The number of carbonyl (C=O) groups is 2. The number of likely N-dealkylation sites (tertiary alicyclic amines) is 1. The topological polar surface area (TPSA) is 85.5 Å². The highest BCUT2D eigenvalue weighted by Crippen LogP contribution is 2.27. The second kappa shape index (κ2) is 8.21. The lowest BCUT2D eigenvalue weighted by Crippen LogP contribution is -2.40. The van der Waals surface area contributed by atoms with Crippen molar-refractivity contribution in [1.29, 1.82) is 0 Å². The molecule has 1 amide bonds. The summed E-state index contributed by atoms with van der Waals surface area (Å²) in [5, 5.41) is 0.354. The molecule has 1 aromatic carbocycles. The number of hydrogen-bond donors (Lipinski definition) is 0. The molecule has 8 heteroatoms. The van der Waals surface area contributed by atoms with Gasteiger partial charge >= 0.3 is 5.97 Å². The smallest absolute Gasteiger partial charge is 0.309 e. The van der Waals surface area contributed by atoms with Crippen molar-refractivity contribution in [3.8, 4) is 11.5 Å². The number of esters is 1. The number of benzene rings is 1. The standard InChI is InChI=1S/C21H20ClN3O4/c1-2-28-21(27)13-6-9-25(10-7-13)20(26)15-3-4-16-17(11-15)29-19(24-16)14-5-8-23-18(22)12-14/h3-5,8,11-13H,2,6-7,9-10H2,1H3. The molecule has 2 aromatic heterocycles. The zero-order valence-corrected chi connectivity index (χ0v) is 16.7. The molecule has 0 spiro atoms. The molecule has 150 valence electrons. The van der Waals surface area contributed by atoms with Gasteiger partial charge in [-0.3, -0.25) is 9.59 Å². The van der Waals surface area contributed by atoms with Gasteiger partial charge in [0.25, 0.3) is 5.91 Å². The Balaban J connectivity index is 1.49. The fourth-order valence-electron chi connectivity index (χ4n) is 3.48. The molecule has 3 heterocycles. The minimum Gasteiger partial charge on any atom is -0.466 e. The fraction of sp³-hybridized carbons (Fsp3) is 0.333. The van der Waals surface area contributed by atoms with Crippen molar-refractivity contribution in [2.45, 2.75) is 19.8 Å². The van der Waals surface area contributed by atoms with Gasteiger partial charge in [0.2, 0.25) is 5.89 Å². The van der Waals surface area contributed by atoms with Crippen molar-refractivity contribution < 1.29 is 18.7 Å². The predicted molar refractivity (Wildman–Crippen MR) is 108 cm³/mol. The van der Waals surface area contributed by atoms with Gasteiger partial charge in [0.15, 0.2) is 5.58 Å². The highest BCUT2D eigenvalue weighted by molar-refractivity contribution is 6.29. The largest absolute Gasteiger partial charge is 0.466 e. The van der Waals surface area contributed by atoms with E-state index in [1.54, 1.807) is 48.4 Å². The van der Waals surface area contributed by atoms with Gasteiger partial charge in [-0.25, -0.2) is 9.97 Å². The molecule has 1 fully saturated rings. The van der Waals surface area contributed by atoms with Crippen LogP contribution in [0.25, 0.3) is 22.6 Å². The summed E-state index contributed by atoms with van der Waals surface area (Å²) in [6, 6.07) is 8.65. The zero-order valence-electron chi connectivity index (χ0n) is 15.9.